The molecule has 0 radical (unpaired) electrons. The summed E-state index contributed by atoms with van der Waals surface area (Å²) in [7, 11) is 0. The Morgan fingerprint density at radius 2 is 2.23 bits per heavy atom. The van der Waals surface area contributed by atoms with Gasteiger partial charge in [0.15, 0.2) is 5.78 Å². The third-order valence-corrected chi connectivity index (χ3v) is 2.47. The van der Waals surface area contributed by atoms with Crippen LogP contribution in [0.5, 0.6) is 0 Å². The van der Waals surface area contributed by atoms with E-state index < -0.39 is 0 Å². The van der Waals surface area contributed by atoms with Gasteiger partial charge in [0.25, 0.3) is 0 Å². The van der Waals surface area contributed by atoms with Gasteiger partial charge in [-0.25, -0.2) is 4.98 Å². The predicted octanol–water partition coefficient (Wildman–Crippen LogP) is 2.64. The van der Waals surface area contributed by atoms with Gasteiger partial charge in [0.05, 0.1) is 5.56 Å². The molecule has 0 unspecified atom stereocenters. The molecule has 0 bridgehead atoms. The largest absolute Gasteiger partial charge is 0.294 e. The van der Waals surface area contributed by atoms with Crippen molar-refractivity contribution in [2.24, 2.45) is 5.92 Å². The van der Waals surface area contributed by atoms with Crippen molar-refractivity contribution in [1.29, 1.82) is 0 Å². The van der Waals surface area contributed by atoms with E-state index in [1.165, 1.54) is 11.8 Å². The lowest BCUT2D eigenvalue weighted by Gasteiger charge is -2.06. The van der Waals surface area contributed by atoms with Crippen molar-refractivity contribution in [2.75, 3.05) is 6.26 Å². The first-order valence-electron chi connectivity index (χ1n) is 4.20. The summed E-state index contributed by atoms with van der Waals surface area (Å²) in [5.74, 6) is 0.201. The molecule has 0 aliphatic carbocycles. The van der Waals surface area contributed by atoms with Crippen LogP contribution in [0.3, 0.4) is 0 Å². The summed E-state index contributed by atoms with van der Waals surface area (Å²) in [6.07, 6.45) is 3.64. The van der Waals surface area contributed by atoms with Crippen molar-refractivity contribution in [2.45, 2.75) is 18.9 Å². The van der Waals surface area contributed by atoms with E-state index >= 15 is 0 Å². The van der Waals surface area contributed by atoms with Gasteiger partial charge in [0, 0.05) is 12.1 Å². The number of carbonyl (C=O) groups excluding carboxylic acids is 1. The van der Waals surface area contributed by atoms with Crippen LogP contribution in [0.15, 0.2) is 23.4 Å². The van der Waals surface area contributed by atoms with Crippen molar-refractivity contribution in [1.82, 2.24) is 4.98 Å². The van der Waals surface area contributed by atoms with Gasteiger partial charge < -0.3 is 0 Å². The maximum atomic E-state index is 11.7. The van der Waals surface area contributed by atoms with E-state index in [2.05, 4.69) is 4.98 Å². The van der Waals surface area contributed by atoms with Gasteiger partial charge in [-0.3, -0.25) is 4.79 Å². The van der Waals surface area contributed by atoms with E-state index in [0.717, 1.165) is 10.6 Å². The molecule has 0 spiro atoms. The van der Waals surface area contributed by atoms with E-state index in [9.17, 15) is 4.79 Å². The van der Waals surface area contributed by atoms with E-state index in [1.807, 2.05) is 26.2 Å². The van der Waals surface area contributed by atoms with E-state index in [4.69, 9.17) is 0 Å². The molecule has 0 fully saturated rings. The van der Waals surface area contributed by atoms with Crippen LogP contribution in [0, 0.1) is 5.92 Å². The van der Waals surface area contributed by atoms with Gasteiger partial charge in [0.2, 0.25) is 0 Å². The lowest BCUT2D eigenvalue weighted by atomic mass is 10.0. The smallest absolute Gasteiger partial charge is 0.168 e. The number of carbonyl (C=O) groups is 1. The molecule has 1 heterocycles. The van der Waals surface area contributed by atoms with Crippen molar-refractivity contribution in [3.63, 3.8) is 0 Å². The molecule has 0 atom stereocenters. The third-order valence-electron chi connectivity index (χ3n) is 1.75. The average molecular weight is 195 g/mol. The minimum absolute atomic E-state index is 0.0371. The highest BCUT2D eigenvalue weighted by molar-refractivity contribution is 7.98. The van der Waals surface area contributed by atoms with Gasteiger partial charge in [0.1, 0.15) is 5.03 Å². The molecule has 13 heavy (non-hydrogen) atoms. The van der Waals surface area contributed by atoms with Crippen LogP contribution >= 0.6 is 11.8 Å². The van der Waals surface area contributed by atoms with Crippen molar-refractivity contribution in [3.05, 3.63) is 23.9 Å². The molecule has 0 saturated carbocycles. The molecule has 0 aliphatic heterocycles. The van der Waals surface area contributed by atoms with Gasteiger partial charge in [-0.2, -0.15) is 0 Å². The maximum Gasteiger partial charge on any atom is 0.168 e. The summed E-state index contributed by atoms with van der Waals surface area (Å²) >= 11 is 1.51. The first kappa shape index (κ1) is 10.3. The minimum Gasteiger partial charge on any atom is -0.294 e. The fourth-order valence-corrected chi connectivity index (χ4v) is 1.61. The number of hydrogen-bond donors (Lipinski definition) is 0. The second kappa shape index (κ2) is 4.42. The molecule has 2 nitrogen and oxygen atoms in total. The number of thioether (sulfide) groups is 1. The summed E-state index contributed by atoms with van der Waals surface area (Å²) in [4.78, 5) is 15.8. The quantitative estimate of drug-likeness (QED) is 0.548. The van der Waals surface area contributed by atoms with Gasteiger partial charge in [-0.1, -0.05) is 13.8 Å². The maximum absolute atomic E-state index is 11.7. The zero-order chi connectivity index (χ0) is 9.84. The molecule has 0 aliphatic rings. The Balaban J connectivity index is 3.06. The molecular formula is C10H13NOS. The van der Waals surface area contributed by atoms with Gasteiger partial charge >= 0.3 is 0 Å². The fraction of sp³-hybridized carbons (Fsp3) is 0.400. The average Bonchev–Trinajstić information content (AvgIpc) is 2.16. The monoisotopic (exact) mass is 195 g/mol. The SMILES string of the molecule is CSc1ncccc1C(=O)C(C)C. The number of nitrogens with zero attached hydrogens (tertiary/aromatic N) is 1. The zero-order valence-electron chi connectivity index (χ0n) is 8.07. The molecule has 0 saturated heterocycles. The van der Waals surface area contributed by atoms with Crippen LogP contribution in [0.2, 0.25) is 0 Å². The first-order valence-corrected chi connectivity index (χ1v) is 5.42. The standard InChI is InChI=1S/C10H13NOS/c1-7(2)9(12)8-5-4-6-11-10(8)13-3/h4-7H,1-3H3. The second-order valence-electron chi connectivity index (χ2n) is 3.08. The Morgan fingerprint density at radius 3 is 2.77 bits per heavy atom. The number of Topliss-reactive ketones (excluding diaryl/α,β-unsaturated/α-hetero) is 1. The molecule has 70 valence electrons. The normalized spacial score (nSPS) is 10.5. The van der Waals surface area contributed by atoms with E-state index in [1.54, 1.807) is 12.3 Å². The van der Waals surface area contributed by atoms with Crippen molar-refractivity contribution >= 4 is 17.5 Å². The molecule has 3 heteroatoms. The zero-order valence-corrected chi connectivity index (χ0v) is 8.89. The van der Waals surface area contributed by atoms with Crippen molar-refractivity contribution < 1.29 is 4.79 Å². The Kier molecular flexibility index (Phi) is 3.48. The van der Waals surface area contributed by atoms with Crippen LogP contribution in [0.1, 0.15) is 24.2 Å². The van der Waals surface area contributed by atoms with Crippen LogP contribution in [0.25, 0.3) is 0 Å². The topological polar surface area (TPSA) is 30.0 Å². The van der Waals surface area contributed by atoms with E-state index in [0.29, 0.717) is 0 Å². The Bertz CT molecular complexity index is 310. The molecule has 1 aromatic heterocycles. The summed E-state index contributed by atoms with van der Waals surface area (Å²) in [6, 6.07) is 3.64. The Morgan fingerprint density at radius 1 is 1.54 bits per heavy atom. The number of rotatable bonds is 3. The molecule has 0 N–H and O–H groups in total. The lowest BCUT2D eigenvalue weighted by Crippen LogP contribution is -2.09. The van der Waals surface area contributed by atoms with Crippen molar-refractivity contribution in [3.8, 4) is 0 Å². The molecule has 1 aromatic rings. The van der Waals surface area contributed by atoms with Gasteiger partial charge in [-0.15, -0.1) is 11.8 Å². The Hall–Kier alpha value is -0.830. The fourth-order valence-electron chi connectivity index (χ4n) is 1.05. The highest BCUT2D eigenvalue weighted by Gasteiger charge is 2.14. The summed E-state index contributed by atoms with van der Waals surface area (Å²) < 4.78 is 0. The van der Waals surface area contributed by atoms with E-state index in [-0.39, 0.29) is 11.7 Å². The molecule has 1 rings (SSSR count). The first-order chi connectivity index (χ1) is 6.16. The summed E-state index contributed by atoms with van der Waals surface area (Å²) in [5, 5.41) is 0.821. The highest BCUT2D eigenvalue weighted by Crippen LogP contribution is 2.19. The minimum atomic E-state index is 0.0371. The summed E-state index contributed by atoms with van der Waals surface area (Å²) in [6.45, 7) is 3.80. The lowest BCUT2D eigenvalue weighted by molar-refractivity contribution is 0.0935. The number of pyridine rings is 1. The van der Waals surface area contributed by atoms with Crippen LogP contribution in [-0.2, 0) is 0 Å². The number of aromatic nitrogens is 1. The highest BCUT2D eigenvalue weighted by atomic mass is 32.2. The molecule has 0 amide bonds. The van der Waals surface area contributed by atoms with Crippen LogP contribution in [0.4, 0.5) is 0 Å². The summed E-state index contributed by atoms with van der Waals surface area (Å²) in [5.41, 5.74) is 0.741. The third kappa shape index (κ3) is 2.31. The number of hydrogen-bond acceptors (Lipinski definition) is 3. The predicted molar refractivity (Wildman–Crippen MR) is 55.2 cm³/mol. The van der Waals surface area contributed by atoms with Crippen LogP contribution < -0.4 is 0 Å². The second-order valence-corrected chi connectivity index (χ2v) is 3.87. The van der Waals surface area contributed by atoms with Crippen LogP contribution in [-0.4, -0.2) is 17.0 Å². The molecule has 0 aromatic carbocycles. The number of ketones is 1. The Labute approximate surface area is 82.8 Å². The van der Waals surface area contributed by atoms with Gasteiger partial charge in [-0.05, 0) is 18.4 Å². The molecular weight excluding hydrogens is 182 g/mol.